The van der Waals surface area contributed by atoms with Crippen molar-refractivity contribution in [3.63, 3.8) is 0 Å². The molecule has 6 nitrogen and oxygen atoms in total. The van der Waals surface area contributed by atoms with E-state index in [1.54, 1.807) is 0 Å². The second-order valence-corrected chi connectivity index (χ2v) is 7.25. The Balaban J connectivity index is 1.69. The van der Waals surface area contributed by atoms with Crippen LogP contribution in [-0.4, -0.2) is 63.2 Å². The van der Waals surface area contributed by atoms with E-state index in [0.717, 1.165) is 12.8 Å². The van der Waals surface area contributed by atoms with Crippen LogP contribution in [0.15, 0.2) is 60.7 Å². The predicted octanol–water partition coefficient (Wildman–Crippen LogP) is 3.86. The van der Waals surface area contributed by atoms with Crippen molar-refractivity contribution in [2.75, 3.05) is 39.6 Å². The van der Waals surface area contributed by atoms with Crippen molar-refractivity contribution < 1.29 is 28.8 Å². The predicted molar refractivity (Wildman–Crippen MR) is 120 cm³/mol. The summed E-state index contributed by atoms with van der Waals surface area (Å²) in [5, 5.41) is 10.2. The molecule has 6 heteroatoms. The number of aliphatic hydroxyl groups excluding tert-OH is 1. The number of aliphatic hydroxyl groups is 1. The van der Waals surface area contributed by atoms with Gasteiger partial charge in [-0.25, -0.2) is 0 Å². The maximum absolute atomic E-state index is 10.2. The first-order valence-corrected chi connectivity index (χ1v) is 11.0. The molecule has 2 aromatic rings. The van der Waals surface area contributed by atoms with E-state index in [2.05, 4.69) is 12.1 Å². The van der Waals surface area contributed by atoms with E-state index in [9.17, 15) is 5.11 Å². The van der Waals surface area contributed by atoms with Gasteiger partial charge >= 0.3 is 0 Å². The normalized spacial score (nSPS) is 14.2. The van der Waals surface area contributed by atoms with Crippen LogP contribution in [0.5, 0.6) is 5.75 Å². The summed E-state index contributed by atoms with van der Waals surface area (Å²) in [6, 6.07) is 19.7. The molecule has 0 spiro atoms. The second kappa shape index (κ2) is 15.8. The third-order valence-electron chi connectivity index (χ3n) is 4.53. The fraction of sp³-hybridized carbons (Fsp3) is 0.520. The summed E-state index contributed by atoms with van der Waals surface area (Å²) < 4.78 is 28.3. The highest BCUT2D eigenvalue weighted by Gasteiger charge is 2.15. The number of para-hydroxylation sites is 1. The van der Waals surface area contributed by atoms with Crippen LogP contribution in [0.1, 0.15) is 25.8 Å². The Morgan fingerprint density at radius 2 is 1.52 bits per heavy atom. The van der Waals surface area contributed by atoms with E-state index in [-0.39, 0.29) is 25.6 Å². The number of rotatable bonds is 17. The topological polar surface area (TPSA) is 66.4 Å². The Morgan fingerprint density at radius 1 is 0.806 bits per heavy atom. The maximum Gasteiger partial charge on any atom is 0.154 e. The zero-order chi connectivity index (χ0) is 22.2. The van der Waals surface area contributed by atoms with Crippen molar-refractivity contribution in [3.05, 3.63) is 66.2 Å². The average Bonchev–Trinajstić information content (AvgIpc) is 2.80. The average molecular weight is 433 g/mol. The van der Waals surface area contributed by atoms with Crippen LogP contribution in [0.4, 0.5) is 0 Å². The van der Waals surface area contributed by atoms with Crippen LogP contribution in [0.25, 0.3) is 0 Å². The first kappa shape index (κ1) is 25.3. The zero-order valence-electron chi connectivity index (χ0n) is 18.7. The summed E-state index contributed by atoms with van der Waals surface area (Å²) in [5.74, 6) is 0.716. The largest absolute Gasteiger partial charge is 0.491 e. The molecule has 0 heterocycles. The number of hydrogen-bond acceptors (Lipinski definition) is 6. The maximum atomic E-state index is 10.2. The van der Waals surface area contributed by atoms with Gasteiger partial charge in [-0.1, -0.05) is 48.5 Å². The zero-order valence-corrected chi connectivity index (χ0v) is 18.7. The van der Waals surface area contributed by atoms with E-state index in [0.29, 0.717) is 32.2 Å². The first-order valence-electron chi connectivity index (χ1n) is 11.0. The Labute approximate surface area is 186 Å². The molecule has 172 valence electrons. The van der Waals surface area contributed by atoms with Crippen molar-refractivity contribution in [2.24, 2.45) is 0 Å². The van der Waals surface area contributed by atoms with Crippen LogP contribution < -0.4 is 4.74 Å². The molecule has 0 aliphatic heterocycles. The Hall–Kier alpha value is -1.96. The molecule has 3 atom stereocenters. The number of benzene rings is 2. The Kier molecular flexibility index (Phi) is 12.9. The Morgan fingerprint density at radius 3 is 2.23 bits per heavy atom. The van der Waals surface area contributed by atoms with Gasteiger partial charge in [-0.3, -0.25) is 0 Å². The number of ether oxygens (including phenoxy) is 5. The lowest BCUT2D eigenvalue weighted by molar-refractivity contribution is -0.163. The molecule has 0 aliphatic rings. The standard InChI is InChI=1S/C25H36O6/c1-3-28-21(2)29-20-25(19-27-16-10-13-22-11-6-4-7-12-22)31-18-23(26)17-30-24-14-8-5-9-15-24/h4-9,11-12,14-15,21,23,25-26H,3,10,13,16-20H2,1-2H3. The minimum Gasteiger partial charge on any atom is -0.491 e. The van der Waals surface area contributed by atoms with Gasteiger partial charge < -0.3 is 28.8 Å². The van der Waals surface area contributed by atoms with E-state index in [1.807, 2.05) is 62.4 Å². The van der Waals surface area contributed by atoms with Gasteiger partial charge in [0.1, 0.15) is 24.6 Å². The van der Waals surface area contributed by atoms with Crippen LogP contribution in [0.2, 0.25) is 0 Å². The number of aryl methyl sites for hydroxylation is 1. The molecule has 0 fully saturated rings. The van der Waals surface area contributed by atoms with Gasteiger partial charge in [0.05, 0.1) is 19.8 Å². The van der Waals surface area contributed by atoms with Crippen molar-refractivity contribution >= 4 is 0 Å². The summed E-state index contributed by atoms with van der Waals surface area (Å²) in [5.41, 5.74) is 1.30. The SMILES string of the molecule is CCOC(C)OCC(COCCCc1ccccc1)OCC(O)COc1ccccc1. The van der Waals surface area contributed by atoms with E-state index < -0.39 is 6.10 Å². The summed E-state index contributed by atoms with van der Waals surface area (Å²) >= 11 is 0. The molecule has 1 N–H and O–H groups in total. The van der Waals surface area contributed by atoms with Crippen LogP contribution in [-0.2, 0) is 25.4 Å². The summed E-state index contributed by atoms with van der Waals surface area (Å²) in [6.07, 6.45) is 0.539. The lowest BCUT2D eigenvalue weighted by atomic mass is 10.1. The molecule has 0 aromatic heterocycles. The van der Waals surface area contributed by atoms with Gasteiger partial charge in [-0.05, 0) is 44.4 Å². The molecule has 3 unspecified atom stereocenters. The minimum absolute atomic E-state index is 0.136. The fourth-order valence-corrected chi connectivity index (χ4v) is 2.91. The van der Waals surface area contributed by atoms with Gasteiger partial charge in [0.15, 0.2) is 6.29 Å². The summed E-state index contributed by atoms with van der Waals surface area (Å²) in [6.45, 7) is 6.00. The molecule has 0 radical (unpaired) electrons. The van der Waals surface area contributed by atoms with Gasteiger partial charge in [0.2, 0.25) is 0 Å². The van der Waals surface area contributed by atoms with Crippen molar-refractivity contribution in [3.8, 4) is 5.75 Å². The lowest BCUT2D eigenvalue weighted by Gasteiger charge is -2.22. The molecule has 0 bridgehead atoms. The fourth-order valence-electron chi connectivity index (χ4n) is 2.91. The monoisotopic (exact) mass is 432 g/mol. The van der Waals surface area contributed by atoms with E-state index in [1.165, 1.54) is 5.56 Å². The molecule has 0 aliphatic carbocycles. The van der Waals surface area contributed by atoms with Crippen molar-refractivity contribution in [2.45, 2.75) is 45.2 Å². The summed E-state index contributed by atoms with van der Waals surface area (Å²) in [7, 11) is 0. The van der Waals surface area contributed by atoms with Gasteiger partial charge in [0.25, 0.3) is 0 Å². The molecular weight excluding hydrogens is 396 g/mol. The van der Waals surface area contributed by atoms with Crippen LogP contribution in [0, 0.1) is 0 Å². The van der Waals surface area contributed by atoms with E-state index in [4.69, 9.17) is 23.7 Å². The molecule has 2 aromatic carbocycles. The van der Waals surface area contributed by atoms with Gasteiger partial charge in [0, 0.05) is 13.2 Å². The van der Waals surface area contributed by atoms with Crippen molar-refractivity contribution in [1.29, 1.82) is 0 Å². The molecule has 0 amide bonds. The Bertz CT molecular complexity index is 666. The van der Waals surface area contributed by atoms with Crippen molar-refractivity contribution in [1.82, 2.24) is 0 Å². The highest BCUT2D eigenvalue weighted by atomic mass is 16.7. The molecule has 31 heavy (non-hydrogen) atoms. The van der Waals surface area contributed by atoms with Crippen LogP contribution in [0.3, 0.4) is 0 Å². The quantitative estimate of drug-likeness (QED) is 0.302. The third kappa shape index (κ3) is 11.9. The third-order valence-corrected chi connectivity index (χ3v) is 4.53. The summed E-state index contributed by atoms with van der Waals surface area (Å²) in [4.78, 5) is 0. The molecular formula is C25H36O6. The highest BCUT2D eigenvalue weighted by molar-refractivity contribution is 5.20. The molecule has 2 rings (SSSR count). The highest BCUT2D eigenvalue weighted by Crippen LogP contribution is 2.09. The van der Waals surface area contributed by atoms with Gasteiger partial charge in [-0.2, -0.15) is 0 Å². The van der Waals surface area contributed by atoms with Crippen LogP contribution >= 0.6 is 0 Å². The lowest BCUT2D eigenvalue weighted by Crippen LogP contribution is -2.33. The molecule has 0 saturated carbocycles. The second-order valence-electron chi connectivity index (χ2n) is 7.25. The van der Waals surface area contributed by atoms with E-state index >= 15 is 0 Å². The molecule has 0 saturated heterocycles. The first-order chi connectivity index (χ1) is 15.2. The smallest absolute Gasteiger partial charge is 0.154 e. The van der Waals surface area contributed by atoms with Gasteiger partial charge in [-0.15, -0.1) is 0 Å². The minimum atomic E-state index is -0.745. The number of hydrogen-bond donors (Lipinski definition) is 1.